The summed E-state index contributed by atoms with van der Waals surface area (Å²) in [5.74, 6) is 2.38. The quantitative estimate of drug-likeness (QED) is 0.719. The van der Waals surface area contributed by atoms with E-state index in [9.17, 15) is 18.6 Å². The zero-order chi connectivity index (χ0) is 18.7. The number of rotatable bonds is 2. The second kappa shape index (κ2) is 9.41. The van der Waals surface area contributed by atoms with E-state index in [-0.39, 0.29) is 18.9 Å². The Kier molecular flexibility index (Phi) is 7.98. The summed E-state index contributed by atoms with van der Waals surface area (Å²) in [6.45, 7) is 0. The van der Waals surface area contributed by atoms with Crippen molar-refractivity contribution >= 4 is 44.3 Å². The highest BCUT2D eigenvalue weighted by molar-refractivity contribution is 7.99. The Morgan fingerprint density at radius 1 is 0.815 bits per heavy atom. The molecule has 27 heavy (non-hydrogen) atoms. The van der Waals surface area contributed by atoms with Crippen LogP contribution in [0.3, 0.4) is 0 Å². The largest absolute Gasteiger partial charge is 0.384 e. The molecule has 0 amide bonds. The summed E-state index contributed by atoms with van der Waals surface area (Å²) in [5.41, 5.74) is -1.40. The van der Waals surface area contributed by atoms with Gasteiger partial charge in [0.05, 0.1) is 11.5 Å². The van der Waals surface area contributed by atoms with Crippen LogP contribution in [0.4, 0.5) is 0 Å². The monoisotopic (exact) mass is 448 g/mol. The highest BCUT2D eigenvalue weighted by Crippen LogP contribution is 2.38. The van der Waals surface area contributed by atoms with E-state index >= 15 is 0 Å². The van der Waals surface area contributed by atoms with Crippen molar-refractivity contribution in [1.82, 2.24) is 0 Å². The van der Waals surface area contributed by atoms with Gasteiger partial charge in [-0.1, -0.05) is 19.6 Å². The average molecular weight is 449 g/mol. The molecule has 0 aliphatic carbocycles. The molecule has 0 bridgehead atoms. The third-order valence-corrected chi connectivity index (χ3v) is 9.70. The molecule has 0 radical (unpaired) electrons. The van der Waals surface area contributed by atoms with Gasteiger partial charge in [-0.15, -0.1) is 22.7 Å². The van der Waals surface area contributed by atoms with Gasteiger partial charge in [-0.2, -0.15) is 11.8 Å². The van der Waals surface area contributed by atoms with E-state index in [4.69, 9.17) is 0 Å². The van der Waals surface area contributed by atoms with E-state index in [2.05, 4.69) is 0 Å². The van der Waals surface area contributed by atoms with E-state index in [1.807, 2.05) is 46.8 Å². The molecule has 0 atom stereocenters. The van der Waals surface area contributed by atoms with Gasteiger partial charge in [0.2, 0.25) is 0 Å². The first kappa shape index (κ1) is 22.9. The van der Waals surface area contributed by atoms with Gasteiger partial charge >= 0.3 is 0 Å². The Morgan fingerprint density at radius 2 is 1.26 bits per heavy atom. The van der Waals surface area contributed by atoms with Gasteiger partial charge < -0.3 is 10.2 Å². The lowest BCUT2D eigenvalue weighted by atomic mass is 9.95. The van der Waals surface area contributed by atoms with Crippen LogP contribution in [0.2, 0.25) is 0 Å². The summed E-state index contributed by atoms with van der Waals surface area (Å²) in [6, 6.07) is 7.80. The molecule has 0 aromatic carbocycles. The number of thioether (sulfide) groups is 1. The minimum atomic E-state index is -2.90. The Balaban J connectivity index is 0.000000189. The zero-order valence-electron chi connectivity index (χ0n) is 14.5. The highest BCUT2D eigenvalue weighted by atomic mass is 32.2. The lowest BCUT2D eigenvalue weighted by Gasteiger charge is -2.30. The first-order valence-electron chi connectivity index (χ1n) is 8.64. The maximum atomic E-state index is 11.2. The lowest BCUT2D eigenvalue weighted by Crippen LogP contribution is -2.36. The summed E-state index contributed by atoms with van der Waals surface area (Å²) >= 11 is 5.09. The van der Waals surface area contributed by atoms with Crippen molar-refractivity contribution in [1.29, 1.82) is 0 Å². The highest BCUT2D eigenvalue weighted by Gasteiger charge is 2.37. The normalized spacial score (nSPS) is 22.7. The van der Waals surface area contributed by atoms with E-state index in [1.54, 1.807) is 11.3 Å². The van der Waals surface area contributed by atoms with E-state index in [0.717, 1.165) is 34.1 Å². The standard InChI is InChI=1S/C9H12O3S2.C9H12OS2.CH4/c10-9(8-2-1-5-13-8)3-6-14(11,12)7-4-9;10-9(3-6-11-7-4-9)8-2-1-5-12-8;/h1-2,5,10H,3-4,6-7H2;1-2,5,10H,3-4,6-7H2;1H4. The van der Waals surface area contributed by atoms with Gasteiger partial charge in [-0.05, 0) is 60.1 Å². The second-order valence-corrected chi connectivity index (χ2v) is 12.2. The maximum absolute atomic E-state index is 11.2. The second-order valence-electron chi connectivity index (χ2n) is 6.78. The van der Waals surface area contributed by atoms with Crippen molar-refractivity contribution in [3.05, 3.63) is 44.8 Å². The number of hydrogen-bond acceptors (Lipinski definition) is 7. The van der Waals surface area contributed by atoms with E-state index in [0.29, 0.717) is 12.8 Å². The molecule has 4 rings (SSSR count). The van der Waals surface area contributed by atoms with Crippen LogP contribution in [0.15, 0.2) is 35.0 Å². The van der Waals surface area contributed by atoms with E-state index in [1.165, 1.54) is 11.3 Å². The Bertz CT molecular complexity index is 762. The van der Waals surface area contributed by atoms with Crippen LogP contribution in [0.5, 0.6) is 0 Å². The first-order valence-corrected chi connectivity index (χ1v) is 13.4. The summed E-state index contributed by atoms with van der Waals surface area (Å²) in [6.07, 6.45) is 2.49. The molecular weight excluding hydrogens is 420 g/mol. The summed E-state index contributed by atoms with van der Waals surface area (Å²) in [7, 11) is -2.90. The van der Waals surface area contributed by atoms with Crippen LogP contribution in [0, 0.1) is 0 Å². The lowest BCUT2D eigenvalue weighted by molar-refractivity contribution is 0.0300. The smallest absolute Gasteiger partial charge is 0.150 e. The Morgan fingerprint density at radius 3 is 1.67 bits per heavy atom. The van der Waals surface area contributed by atoms with Crippen molar-refractivity contribution in [3.8, 4) is 0 Å². The number of aliphatic hydroxyl groups is 2. The molecule has 2 fully saturated rings. The van der Waals surface area contributed by atoms with Crippen LogP contribution >= 0.6 is 34.4 Å². The van der Waals surface area contributed by atoms with E-state index < -0.39 is 21.0 Å². The molecule has 2 aliphatic rings. The fourth-order valence-corrected chi connectivity index (χ4v) is 7.60. The summed E-state index contributed by atoms with van der Waals surface area (Å²) < 4.78 is 22.4. The minimum absolute atomic E-state index is 0. The van der Waals surface area contributed by atoms with Gasteiger partial charge in [0.1, 0.15) is 11.2 Å². The fourth-order valence-electron chi connectivity index (χ4n) is 3.16. The predicted molar refractivity (Wildman–Crippen MR) is 118 cm³/mol. The molecule has 2 N–H and O–H groups in total. The molecule has 152 valence electrons. The third kappa shape index (κ3) is 5.81. The third-order valence-electron chi connectivity index (χ3n) is 4.93. The van der Waals surface area contributed by atoms with Gasteiger partial charge in [-0.25, -0.2) is 8.42 Å². The molecule has 0 spiro atoms. The van der Waals surface area contributed by atoms with Crippen molar-refractivity contribution in [2.45, 2.75) is 44.3 Å². The molecule has 2 aliphatic heterocycles. The maximum Gasteiger partial charge on any atom is 0.150 e. The van der Waals surface area contributed by atoms with Crippen LogP contribution in [0.1, 0.15) is 42.9 Å². The van der Waals surface area contributed by atoms with Crippen LogP contribution in [-0.4, -0.2) is 41.6 Å². The summed E-state index contributed by atoms with van der Waals surface area (Å²) in [5, 5.41) is 24.4. The molecule has 4 nitrogen and oxygen atoms in total. The molecular formula is C19H28O4S4. The van der Waals surface area contributed by atoms with Crippen LogP contribution in [-0.2, 0) is 21.0 Å². The number of thiophene rings is 2. The predicted octanol–water partition coefficient (Wildman–Crippen LogP) is 4.24. The van der Waals surface area contributed by atoms with Crippen molar-refractivity contribution in [2.75, 3.05) is 23.0 Å². The average Bonchev–Trinajstić information content (AvgIpc) is 3.33. The van der Waals surface area contributed by atoms with Crippen molar-refractivity contribution in [2.24, 2.45) is 0 Å². The number of sulfone groups is 1. The van der Waals surface area contributed by atoms with Gasteiger partial charge in [0, 0.05) is 9.75 Å². The van der Waals surface area contributed by atoms with Gasteiger partial charge in [0.25, 0.3) is 0 Å². The van der Waals surface area contributed by atoms with Crippen molar-refractivity contribution < 1.29 is 18.6 Å². The number of hydrogen-bond donors (Lipinski definition) is 2. The molecule has 2 aromatic rings. The van der Waals surface area contributed by atoms with Gasteiger partial charge in [0.15, 0.2) is 9.84 Å². The SMILES string of the molecule is C.O=S1(=O)CCC(O)(c2cccs2)CC1.OC1(c2cccs2)CCSCC1. The molecule has 4 heterocycles. The van der Waals surface area contributed by atoms with Crippen LogP contribution in [0.25, 0.3) is 0 Å². The molecule has 2 saturated heterocycles. The zero-order valence-corrected chi connectivity index (χ0v) is 17.7. The molecule has 8 heteroatoms. The van der Waals surface area contributed by atoms with Crippen molar-refractivity contribution in [3.63, 3.8) is 0 Å². The Hall–Kier alpha value is -0.380. The topological polar surface area (TPSA) is 74.6 Å². The molecule has 0 saturated carbocycles. The first-order chi connectivity index (χ1) is 12.3. The minimum Gasteiger partial charge on any atom is -0.384 e. The molecule has 0 unspecified atom stereocenters. The van der Waals surface area contributed by atoms with Crippen LogP contribution < -0.4 is 0 Å². The fraction of sp³-hybridized carbons (Fsp3) is 0.579. The van der Waals surface area contributed by atoms with Gasteiger partial charge in [-0.3, -0.25) is 0 Å². The summed E-state index contributed by atoms with van der Waals surface area (Å²) in [4.78, 5) is 2.02. The molecule has 2 aromatic heterocycles. The Labute approximate surface area is 174 Å².